The molecule has 0 aliphatic rings. The Morgan fingerprint density at radius 2 is 2.16 bits per heavy atom. The number of ether oxygens (including phenoxy) is 1. The van der Waals surface area contributed by atoms with Gasteiger partial charge in [-0.05, 0) is 30.7 Å². The van der Waals surface area contributed by atoms with Crippen LogP contribution in [0.3, 0.4) is 0 Å². The SMILES string of the molecule is CCOC(=O)Cc1csc(NN=Cc2cc(F)cc(C(F)(F)F)c2)n1. The van der Waals surface area contributed by atoms with Crippen molar-refractivity contribution in [3.05, 3.63) is 46.2 Å². The van der Waals surface area contributed by atoms with Crippen molar-refractivity contribution in [2.75, 3.05) is 12.0 Å². The van der Waals surface area contributed by atoms with Gasteiger partial charge in [0.25, 0.3) is 0 Å². The van der Waals surface area contributed by atoms with Crippen LogP contribution in [0.2, 0.25) is 0 Å². The molecule has 0 atom stereocenters. The summed E-state index contributed by atoms with van der Waals surface area (Å²) in [5, 5.41) is 5.69. The van der Waals surface area contributed by atoms with Crippen LogP contribution in [0.5, 0.6) is 0 Å². The van der Waals surface area contributed by atoms with E-state index in [2.05, 4.69) is 15.5 Å². The van der Waals surface area contributed by atoms with Gasteiger partial charge in [0.2, 0.25) is 5.13 Å². The highest BCUT2D eigenvalue weighted by Crippen LogP contribution is 2.30. The van der Waals surface area contributed by atoms with E-state index in [0.717, 1.165) is 29.7 Å². The fraction of sp³-hybridized carbons (Fsp3) is 0.267. The van der Waals surface area contributed by atoms with Gasteiger partial charge in [0.1, 0.15) is 5.82 Å². The number of halogens is 4. The first-order valence-electron chi connectivity index (χ1n) is 7.05. The minimum Gasteiger partial charge on any atom is -0.466 e. The molecule has 0 saturated carbocycles. The summed E-state index contributed by atoms with van der Waals surface area (Å²) in [6.07, 6.45) is -3.59. The van der Waals surface area contributed by atoms with Crippen molar-refractivity contribution in [3.63, 3.8) is 0 Å². The van der Waals surface area contributed by atoms with Crippen molar-refractivity contribution in [1.82, 2.24) is 4.98 Å². The molecule has 0 saturated heterocycles. The lowest BCUT2D eigenvalue weighted by atomic mass is 10.1. The molecule has 0 aliphatic carbocycles. The Morgan fingerprint density at radius 3 is 2.84 bits per heavy atom. The Labute approximate surface area is 144 Å². The second-order valence-corrected chi connectivity index (χ2v) is 5.62. The molecule has 25 heavy (non-hydrogen) atoms. The first kappa shape index (κ1) is 18.8. The number of anilines is 1. The van der Waals surface area contributed by atoms with Crippen LogP contribution in [0.1, 0.15) is 23.7 Å². The molecule has 134 valence electrons. The number of carbonyl (C=O) groups is 1. The van der Waals surface area contributed by atoms with Crippen LogP contribution in [0.25, 0.3) is 0 Å². The number of benzene rings is 1. The molecule has 10 heteroatoms. The maximum Gasteiger partial charge on any atom is 0.416 e. The van der Waals surface area contributed by atoms with Gasteiger partial charge >= 0.3 is 12.1 Å². The summed E-state index contributed by atoms with van der Waals surface area (Å²) in [4.78, 5) is 15.4. The van der Waals surface area contributed by atoms with Crippen molar-refractivity contribution in [2.24, 2.45) is 5.10 Å². The molecule has 0 aliphatic heterocycles. The number of aromatic nitrogens is 1. The van der Waals surface area contributed by atoms with Crippen molar-refractivity contribution < 1.29 is 27.1 Å². The third-order valence-corrected chi connectivity index (χ3v) is 3.60. The fourth-order valence-corrected chi connectivity index (χ4v) is 2.47. The van der Waals surface area contributed by atoms with E-state index < -0.39 is 23.5 Å². The Hall–Kier alpha value is -2.49. The summed E-state index contributed by atoms with van der Waals surface area (Å²) in [5.41, 5.74) is 1.85. The first-order chi connectivity index (χ1) is 11.8. The summed E-state index contributed by atoms with van der Waals surface area (Å²) in [5.74, 6) is -1.43. The molecule has 0 spiro atoms. The van der Waals surface area contributed by atoms with Gasteiger partial charge in [0.15, 0.2) is 0 Å². The highest BCUT2D eigenvalue weighted by molar-refractivity contribution is 7.13. The van der Waals surface area contributed by atoms with E-state index in [1.165, 1.54) is 0 Å². The third-order valence-electron chi connectivity index (χ3n) is 2.80. The fourth-order valence-electron chi connectivity index (χ4n) is 1.81. The zero-order chi connectivity index (χ0) is 18.4. The lowest BCUT2D eigenvalue weighted by Gasteiger charge is -2.07. The summed E-state index contributed by atoms with van der Waals surface area (Å²) in [6.45, 7) is 1.96. The third kappa shape index (κ3) is 5.82. The molecule has 2 rings (SSSR count). The second kappa shape index (κ2) is 8.06. The van der Waals surface area contributed by atoms with Gasteiger partial charge in [-0.1, -0.05) is 0 Å². The van der Waals surface area contributed by atoms with Crippen LogP contribution in [0.15, 0.2) is 28.7 Å². The van der Waals surface area contributed by atoms with Gasteiger partial charge in [0, 0.05) is 5.38 Å². The van der Waals surface area contributed by atoms with Gasteiger partial charge in [-0.25, -0.2) is 9.37 Å². The predicted octanol–water partition coefficient (Wildman–Crippen LogP) is 3.85. The van der Waals surface area contributed by atoms with E-state index in [9.17, 15) is 22.4 Å². The molecule has 2 aromatic rings. The number of alkyl halides is 3. The first-order valence-corrected chi connectivity index (χ1v) is 7.92. The zero-order valence-electron chi connectivity index (χ0n) is 12.9. The van der Waals surface area contributed by atoms with Crippen LogP contribution < -0.4 is 5.43 Å². The molecule has 5 nitrogen and oxygen atoms in total. The largest absolute Gasteiger partial charge is 0.466 e. The average Bonchev–Trinajstić information content (AvgIpc) is 2.93. The van der Waals surface area contributed by atoms with E-state index in [0.29, 0.717) is 16.9 Å². The van der Waals surface area contributed by atoms with Crippen molar-refractivity contribution in [3.8, 4) is 0 Å². The molecule has 0 radical (unpaired) electrons. The van der Waals surface area contributed by atoms with Crippen LogP contribution in [0.4, 0.5) is 22.7 Å². The molecule has 1 heterocycles. The van der Waals surface area contributed by atoms with Crippen LogP contribution in [0, 0.1) is 5.82 Å². The topological polar surface area (TPSA) is 63.6 Å². The van der Waals surface area contributed by atoms with Crippen LogP contribution >= 0.6 is 11.3 Å². The Morgan fingerprint density at radius 1 is 1.40 bits per heavy atom. The highest BCUT2D eigenvalue weighted by Gasteiger charge is 2.31. The number of nitrogens with one attached hydrogen (secondary N) is 1. The average molecular weight is 375 g/mol. The van der Waals surface area contributed by atoms with Gasteiger partial charge < -0.3 is 4.74 Å². The Balaban J connectivity index is 2.01. The number of thiazole rings is 1. The summed E-state index contributed by atoms with van der Waals surface area (Å²) in [6, 6.07) is 2.12. The van der Waals surface area contributed by atoms with Gasteiger partial charge in [-0.3, -0.25) is 10.2 Å². The Bertz CT molecular complexity index is 774. The van der Waals surface area contributed by atoms with Crippen LogP contribution in [-0.4, -0.2) is 23.8 Å². The quantitative estimate of drug-likeness (QED) is 0.361. The Kier molecular flexibility index (Phi) is 6.07. The molecule has 1 aromatic heterocycles. The monoisotopic (exact) mass is 375 g/mol. The lowest BCUT2D eigenvalue weighted by molar-refractivity contribution is -0.142. The maximum absolute atomic E-state index is 13.3. The number of nitrogens with zero attached hydrogens (tertiary/aromatic N) is 2. The number of esters is 1. The minimum absolute atomic E-state index is 0.00851. The van der Waals surface area contributed by atoms with Gasteiger partial charge in [-0.15, -0.1) is 11.3 Å². The van der Waals surface area contributed by atoms with E-state index in [1.807, 2.05) is 0 Å². The molecule has 0 unspecified atom stereocenters. The molecular weight excluding hydrogens is 362 g/mol. The van der Waals surface area contributed by atoms with E-state index in [-0.39, 0.29) is 18.6 Å². The van der Waals surface area contributed by atoms with Crippen molar-refractivity contribution in [1.29, 1.82) is 0 Å². The summed E-state index contributed by atoms with van der Waals surface area (Å²) >= 11 is 1.16. The number of hydrazone groups is 1. The highest BCUT2D eigenvalue weighted by atomic mass is 32.1. The lowest BCUT2D eigenvalue weighted by Crippen LogP contribution is -2.07. The number of hydrogen-bond acceptors (Lipinski definition) is 6. The maximum atomic E-state index is 13.3. The smallest absolute Gasteiger partial charge is 0.416 e. The second-order valence-electron chi connectivity index (χ2n) is 4.77. The van der Waals surface area contributed by atoms with Crippen LogP contribution in [-0.2, 0) is 22.1 Å². The summed E-state index contributed by atoms with van der Waals surface area (Å²) in [7, 11) is 0. The predicted molar refractivity (Wildman–Crippen MR) is 85.1 cm³/mol. The van der Waals surface area contributed by atoms with E-state index in [1.54, 1.807) is 12.3 Å². The standard InChI is InChI=1S/C15H13F4N3O2S/c1-2-24-13(23)6-12-8-25-14(21-12)22-20-7-9-3-10(15(17,18)19)5-11(16)4-9/h3-5,7-8H,2,6H2,1H3,(H,21,22). The minimum atomic E-state index is -4.64. The van der Waals surface area contributed by atoms with Gasteiger partial charge in [-0.2, -0.15) is 18.3 Å². The van der Waals surface area contributed by atoms with Crippen molar-refractivity contribution >= 4 is 28.7 Å². The van der Waals surface area contributed by atoms with Gasteiger partial charge in [0.05, 0.1) is 30.5 Å². The molecular formula is C15H13F4N3O2S. The van der Waals surface area contributed by atoms with E-state index in [4.69, 9.17) is 4.74 Å². The number of rotatable bonds is 6. The zero-order valence-corrected chi connectivity index (χ0v) is 13.7. The molecule has 0 fully saturated rings. The molecule has 1 aromatic carbocycles. The molecule has 0 amide bonds. The molecule has 0 bridgehead atoms. The van der Waals surface area contributed by atoms with Crippen molar-refractivity contribution in [2.45, 2.75) is 19.5 Å². The molecule has 1 N–H and O–H groups in total. The number of hydrogen-bond donors (Lipinski definition) is 1. The number of carbonyl (C=O) groups excluding carboxylic acids is 1. The summed E-state index contributed by atoms with van der Waals surface area (Å²) < 4.78 is 55.9. The van der Waals surface area contributed by atoms with E-state index >= 15 is 0 Å². The normalized spacial score (nSPS) is 11.7.